The zero-order valence-corrected chi connectivity index (χ0v) is 25.3. The minimum absolute atomic E-state index is 0.0616. The largest absolute Gasteiger partial charge is 0.465 e. The van der Waals surface area contributed by atoms with Crippen molar-refractivity contribution in [3.63, 3.8) is 0 Å². The lowest BCUT2D eigenvalue weighted by Crippen LogP contribution is -2.42. The summed E-state index contributed by atoms with van der Waals surface area (Å²) in [6.45, 7) is 14.3. The molecular weight excluding hydrogens is 514 g/mol. The van der Waals surface area contributed by atoms with Gasteiger partial charge in [-0.15, -0.1) is 0 Å². The maximum absolute atomic E-state index is 13.0. The Bertz CT molecular complexity index is 1230. The smallest absolute Gasteiger partial charge is 0.323 e. The molecule has 0 saturated carbocycles. The molecule has 1 spiro atoms. The summed E-state index contributed by atoms with van der Waals surface area (Å²) in [5.41, 5.74) is 2.69. The molecule has 9 nitrogen and oxygen atoms in total. The molecule has 2 aliphatic heterocycles. The Kier molecular flexibility index (Phi) is 9.57. The summed E-state index contributed by atoms with van der Waals surface area (Å²) >= 11 is 0. The molecule has 222 valence electrons. The number of imidazole rings is 2. The number of carbonyl (C=O) groups is 1. The second-order valence-corrected chi connectivity index (χ2v) is 12.5. The molecule has 1 aromatic carbocycles. The molecule has 2 aliphatic rings. The minimum atomic E-state index is -0.159. The van der Waals surface area contributed by atoms with Crippen molar-refractivity contribution in [2.45, 2.75) is 72.3 Å². The highest BCUT2D eigenvalue weighted by Gasteiger charge is 2.48. The normalized spacial score (nSPS) is 19.5. The Labute approximate surface area is 244 Å². The molecule has 9 heteroatoms. The fourth-order valence-corrected chi connectivity index (χ4v) is 6.63. The van der Waals surface area contributed by atoms with Crippen LogP contribution in [0.3, 0.4) is 0 Å². The summed E-state index contributed by atoms with van der Waals surface area (Å²) < 4.78 is 7.61. The molecule has 0 aliphatic carbocycles. The van der Waals surface area contributed by atoms with Gasteiger partial charge in [0.15, 0.2) is 0 Å². The van der Waals surface area contributed by atoms with Crippen LogP contribution in [-0.4, -0.2) is 79.0 Å². The number of aryl methyl sites for hydroxylation is 1. The number of carbonyl (C=O) groups excluding carboxylic acids is 1. The Balaban J connectivity index is 1.24. The third kappa shape index (κ3) is 7.64. The number of aromatic amines is 1. The van der Waals surface area contributed by atoms with E-state index in [1.54, 1.807) is 6.20 Å². The van der Waals surface area contributed by atoms with Gasteiger partial charge in [-0.3, -0.25) is 14.6 Å². The number of rotatable bonds is 12. The van der Waals surface area contributed by atoms with Crippen molar-refractivity contribution in [2.75, 3.05) is 32.8 Å². The molecule has 0 radical (unpaired) electrons. The van der Waals surface area contributed by atoms with Gasteiger partial charge < -0.3 is 19.2 Å². The van der Waals surface area contributed by atoms with Crippen molar-refractivity contribution in [1.82, 2.24) is 34.2 Å². The molecule has 1 unspecified atom stereocenters. The van der Waals surface area contributed by atoms with Gasteiger partial charge in [0.25, 0.3) is 0 Å². The van der Waals surface area contributed by atoms with Crippen LogP contribution >= 0.6 is 0 Å². The molecule has 5 rings (SSSR count). The lowest BCUT2D eigenvalue weighted by atomic mass is 9.76. The van der Waals surface area contributed by atoms with E-state index in [-0.39, 0.29) is 17.4 Å². The molecule has 41 heavy (non-hydrogen) atoms. The van der Waals surface area contributed by atoms with Gasteiger partial charge in [-0.05, 0) is 61.7 Å². The molecule has 1 atom stereocenters. The number of aromatic nitrogens is 4. The van der Waals surface area contributed by atoms with Gasteiger partial charge in [0.1, 0.15) is 17.7 Å². The van der Waals surface area contributed by atoms with E-state index in [0.29, 0.717) is 19.1 Å². The fourth-order valence-electron chi connectivity index (χ4n) is 6.63. The average Bonchev–Trinajstić information content (AvgIpc) is 3.68. The SMILES string of the molecule is CCOC(=O)C1CC2(CCN(CC(C)C)CC2)CN1Cc1ccc(CN(Cc2ncc[nH]2)Cc2nccn2C)cc1. The van der Waals surface area contributed by atoms with Crippen molar-refractivity contribution in [2.24, 2.45) is 18.4 Å². The molecule has 2 saturated heterocycles. The second kappa shape index (κ2) is 13.3. The number of nitrogens with one attached hydrogen (secondary N) is 1. The molecule has 2 aromatic heterocycles. The number of piperidine rings is 1. The number of likely N-dealkylation sites (tertiary alicyclic amines) is 2. The van der Waals surface area contributed by atoms with E-state index in [0.717, 1.165) is 76.7 Å². The molecule has 4 heterocycles. The van der Waals surface area contributed by atoms with Gasteiger partial charge in [0.05, 0.1) is 19.7 Å². The summed E-state index contributed by atoms with van der Waals surface area (Å²) in [7, 11) is 2.03. The summed E-state index contributed by atoms with van der Waals surface area (Å²) in [4.78, 5) is 32.6. The minimum Gasteiger partial charge on any atom is -0.465 e. The summed E-state index contributed by atoms with van der Waals surface area (Å²) in [5, 5.41) is 0. The Morgan fingerprint density at radius 2 is 1.85 bits per heavy atom. The first-order valence-electron chi connectivity index (χ1n) is 15.2. The van der Waals surface area contributed by atoms with E-state index < -0.39 is 0 Å². The number of benzene rings is 1. The first-order valence-corrected chi connectivity index (χ1v) is 15.2. The van der Waals surface area contributed by atoms with Crippen LogP contribution in [0.4, 0.5) is 0 Å². The summed E-state index contributed by atoms with van der Waals surface area (Å²) in [5.74, 6) is 2.59. The van der Waals surface area contributed by atoms with E-state index in [1.165, 1.54) is 11.1 Å². The van der Waals surface area contributed by atoms with Gasteiger partial charge in [-0.1, -0.05) is 38.1 Å². The lowest BCUT2D eigenvalue weighted by molar-refractivity contribution is -0.148. The van der Waals surface area contributed by atoms with Gasteiger partial charge in [0.2, 0.25) is 0 Å². The van der Waals surface area contributed by atoms with Gasteiger partial charge in [-0.25, -0.2) is 9.97 Å². The van der Waals surface area contributed by atoms with E-state index in [4.69, 9.17) is 4.74 Å². The van der Waals surface area contributed by atoms with Crippen molar-refractivity contribution in [3.05, 3.63) is 71.8 Å². The predicted octanol–water partition coefficient (Wildman–Crippen LogP) is 4.22. The quantitative estimate of drug-likeness (QED) is 0.332. The Morgan fingerprint density at radius 1 is 1.10 bits per heavy atom. The highest BCUT2D eigenvalue weighted by molar-refractivity contribution is 5.76. The molecule has 0 bridgehead atoms. The van der Waals surface area contributed by atoms with E-state index in [9.17, 15) is 4.79 Å². The number of nitrogens with zero attached hydrogens (tertiary/aromatic N) is 6. The maximum Gasteiger partial charge on any atom is 0.323 e. The highest BCUT2D eigenvalue weighted by atomic mass is 16.5. The second-order valence-electron chi connectivity index (χ2n) is 12.5. The van der Waals surface area contributed by atoms with Crippen LogP contribution in [0.1, 0.15) is 62.8 Å². The number of hydrogen-bond donors (Lipinski definition) is 1. The summed E-state index contributed by atoms with van der Waals surface area (Å²) in [6, 6.07) is 8.73. The van der Waals surface area contributed by atoms with Crippen LogP contribution in [0.15, 0.2) is 49.1 Å². The number of ether oxygens (including phenoxy) is 1. The van der Waals surface area contributed by atoms with Crippen LogP contribution in [0.25, 0.3) is 0 Å². The number of H-pyrrole nitrogens is 1. The van der Waals surface area contributed by atoms with Crippen molar-refractivity contribution in [3.8, 4) is 0 Å². The van der Waals surface area contributed by atoms with Crippen LogP contribution in [-0.2, 0) is 42.8 Å². The van der Waals surface area contributed by atoms with Crippen LogP contribution in [0.2, 0.25) is 0 Å². The van der Waals surface area contributed by atoms with Crippen molar-refractivity contribution >= 4 is 5.97 Å². The standard InChI is InChI=1S/C32H47N7O2/c1-5-41-31(40)28-18-32(10-15-37(16-11-32)19-25(2)3)24-39(28)21-27-8-6-26(7-9-27)20-38(22-29-33-12-13-34-29)23-30-35-14-17-36(30)4/h6-9,12-14,17,25,28H,5,10-11,15-16,18-24H2,1-4H3,(H,33,34). The Morgan fingerprint density at radius 3 is 2.49 bits per heavy atom. The molecule has 1 N–H and O–H groups in total. The third-order valence-corrected chi connectivity index (χ3v) is 8.73. The number of esters is 1. The topological polar surface area (TPSA) is 82.5 Å². The van der Waals surface area contributed by atoms with Crippen molar-refractivity contribution in [1.29, 1.82) is 0 Å². The van der Waals surface area contributed by atoms with Crippen LogP contribution in [0.5, 0.6) is 0 Å². The van der Waals surface area contributed by atoms with Gasteiger partial charge in [0, 0.05) is 58.0 Å². The molecule has 2 fully saturated rings. The van der Waals surface area contributed by atoms with E-state index in [1.807, 2.05) is 32.6 Å². The fraction of sp³-hybridized carbons (Fsp3) is 0.594. The predicted molar refractivity (Wildman–Crippen MR) is 160 cm³/mol. The average molecular weight is 562 g/mol. The molecular formula is C32H47N7O2. The van der Waals surface area contributed by atoms with E-state index >= 15 is 0 Å². The lowest BCUT2D eigenvalue weighted by Gasteiger charge is -2.40. The van der Waals surface area contributed by atoms with Crippen molar-refractivity contribution < 1.29 is 9.53 Å². The zero-order chi connectivity index (χ0) is 28.8. The number of hydrogen-bond acceptors (Lipinski definition) is 7. The van der Waals surface area contributed by atoms with Crippen LogP contribution in [0, 0.1) is 11.3 Å². The Hall–Kier alpha value is -3.01. The van der Waals surface area contributed by atoms with Gasteiger partial charge >= 0.3 is 5.97 Å². The molecule has 3 aromatic rings. The first kappa shape index (κ1) is 29.5. The monoisotopic (exact) mass is 561 g/mol. The first-order chi connectivity index (χ1) is 19.8. The van der Waals surface area contributed by atoms with E-state index in [2.05, 4.69) is 72.3 Å². The maximum atomic E-state index is 13.0. The van der Waals surface area contributed by atoms with Crippen LogP contribution < -0.4 is 0 Å². The van der Waals surface area contributed by atoms with Gasteiger partial charge in [-0.2, -0.15) is 0 Å². The zero-order valence-electron chi connectivity index (χ0n) is 25.3. The highest BCUT2D eigenvalue weighted by Crippen LogP contribution is 2.44. The summed E-state index contributed by atoms with van der Waals surface area (Å²) in [6.07, 6.45) is 10.7. The third-order valence-electron chi connectivity index (χ3n) is 8.73. The molecule has 0 amide bonds.